The van der Waals surface area contributed by atoms with Crippen molar-refractivity contribution in [3.63, 3.8) is 0 Å². The molecule has 23 heavy (non-hydrogen) atoms. The van der Waals surface area contributed by atoms with Gasteiger partial charge in [0.15, 0.2) is 0 Å². The van der Waals surface area contributed by atoms with Gasteiger partial charge in [0.05, 0.1) is 17.8 Å². The lowest BCUT2D eigenvalue weighted by Gasteiger charge is -2.25. The van der Waals surface area contributed by atoms with Crippen molar-refractivity contribution in [2.24, 2.45) is 0 Å². The van der Waals surface area contributed by atoms with E-state index in [4.69, 9.17) is 16.7 Å². The Morgan fingerprint density at radius 1 is 1.35 bits per heavy atom. The number of halogens is 1. The number of benzene rings is 1. The number of aliphatic hydroxyl groups is 1. The van der Waals surface area contributed by atoms with E-state index in [9.17, 15) is 4.79 Å². The summed E-state index contributed by atoms with van der Waals surface area (Å²) in [7, 11) is 0. The molecule has 0 aliphatic heterocycles. The molecule has 2 rings (SSSR count). The van der Waals surface area contributed by atoms with Crippen LogP contribution in [0.15, 0.2) is 54.0 Å². The predicted molar refractivity (Wildman–Crippen MR) is 92.9 cm³/mol. The molecule has 5 nitrogen and oxygen atoms in total. The number of allylic oxidation sites excluding steroid dienone is 1. The van der Waals surface area contributed by atoms with Crippen molar-refractivity contribution >= 4 is 17.3 Å². The van der Waals surface area contributed by atoms with Crippen molar-refractivity contribution < 1.29 is 5.11 Å². The van der Waals surface area contributed by atoms with Gasteiger partial charge in [-0.05, 0) is 12.0 Å². The largest absolute Gasteiger partial charge is 0.396 e. The van der Waals surface area contributed by atoms with Crippen LogP contribution in [0.2, 0.25) is 5.02 Å². The molecule has 0 saturated heterocycles. The van der Waals surface area contributed by atoms with E-state index in [-0.39, 0.29) is 12.2 Å². The first kappa shape index (κ1) is 17.2. The molecule has 0 aliphatic carbocycles. The zero-order valence-corrected chi connectivity index (χ0v) is 13.6. The van der Waals surface area contributed by atoms with Gasteiger partial charge in [0.2, 0.25) is 0 Å². The van der Waals surface area contributed by atoms with Gasteiger partial charge in [-0.3, -0.25) is 4.79 Å². The Hall–Kier alpha value is -2.11. The lowest BCUT2D eigenvalue weighted by atomic mass is 10.2. The maximum absolute atomic E-state index is 12.6. The smallest absolute Gasteiger partial charge is 0.292 e. The fourth-order valence-corrected chi connectivity index (χ4v) is 2.58. The molecule has 0 unspecified atom stereocenters. The lowest BCUT2D eigenvalue weighted by molar-refractivity contribution is 0.289. The molecule has 0 bridgehead atoms. The van der Waals surface area contributed by atoms with Gasteiger partial charge in [-0.2, -0.15) is 5.10 Å². The highest BCUT2D eigenvalue weighted by Crippen LogP contribution is 2.22. The van der Waals surface area contributed by atoms with E-state index in [2.05, 4.69) is 11.7 Å². The van der Waals surface area contributed by atoms with Gasteiger partial charge in [-0.15, -0.1) is 6.58 Å². The molecule has 0 radical (unpaired) electrons. The molecule has 0 spiro atoms. The average molecular weight is 334 g/mol. The normalized spacial score (nSPS) is 10.5. The average Bonchev–Trinajstić information content (AvgIpc) is 2.56. The Kier molecular flexibility index (Phi) is 6.38. The molecular formula is C17H20ClN3O2. The topological polar surface area (TPSA) is 58.4 Å². The molecule has 6 heteroatoms. The number of aliphatic hydroxyl groups excluding tert-OH is 1. The van der Waals surface area contributed by atoms with Crippen LogP contribution in [0.1, 0.15) is 12.0 Å². The maximum atomic E-state index is 12.6. The van der Waals surface area contributed by atoms with Gasteiger partial charge in [0, 0.05) is 19.7 Å². The summed E-state index contributed by atoms with van der Waals surface area (Å²) in [4.78, 5) is 14.5. The fourth-order valence-electron chi connectivity index (χ4n) is 2.33. The third-order valence-electron chi connectivity index (χ3n) is 3.39. The lowest BCUT2D eigenvalue weighted by Crippen LogP contribution is -2.34. The molecule has 0 amide bonds. The van der Waals surface area contributed by atoms with Crippen LogP contribution >= 0.6 is 11.6 Å². The van der Waals surface area contributed by atoms with Gasteiger partial charge in [-0.1, -0.05) is 48.0 Å². The van der Waals surface area contributed by atoms with Crippen LogP contribution in [-0.4, -0.2) is 28.0 Å². The van der Waals surface area contributed by atoms with Crippen molar-refractivity contribution in [3.05, 3.63) is 70.1 Å². The fraction of sp³-hybridized carbons (Fsp3) is 0.294. The number of hydrogen-bond acceptors (Lipinski definition) is 4. The molecule has 0 saturated carbocycles. The zero-order chi connectivity index (χ0) is 16.7. The summed E-state index contributed by atoms with van der Waals surface area (Å²) in [6.45, 7) is 5.07. The molecular weight excluding hydrogens is 314 g/mol. The van der Waals surface area contributed by atoms with Gasteiger partial charge in [0.1, 0.15) is 5.69 Å². The van der Waals surface area contributed by atoms with Crippen molar-refractivity contribution in [1.82, 2.24) is 9.78 Å². The van der Waals surface area contributed by atoms with Gasteiger partial charge >= 0.3 is 0 Å². The molecule has 2 aromatic rings. The molecule has 0 atom stereocenters. The molecule has 1 aromatic carbocycles. The summed E-state index contributed by atoms with van der Waals surface area (Å²) >= 11 is 6.24. The zero-order valence-electron chi connectivity index (χ0n) is 12.9. The standard InChI is InChI=1S/C17H20ClN3O2/c1-2-9-21-17(23)16(15(18)12-19-21)20(10-6-11-22)13-14-7-4-3-5-8-14/h2-5,7-8,12,22H,1,6,9-11,13H2. The minimum atomic E-state index is -0.258. The van der Waals surface area contributed by atoms with Crippen LogP contribution in [0.25, 0.3) is 0 Å². The van der Waals surface area contributed by atoms with Crippen LogP contribution in [0.3, 0.4) is 0 Å². The van der Waals surface area contributed by atoms with E-state index in [1.165, 1.54) is 10.9 Å². The second kappa shape index (κ2) is 8.50. The van der Waals surface area contributed by atoms with Crippen LogP contribution in [0.4, 0.5) is 5.69 Å². The summed E-state index contributed by atoms with van der Waals surface area (Å²) in [6.07, 6.45) is 3.63. The highest BCUT2D eigenvalue weighted by Gasteiger charge is 2.17. The van der Waals surface area contributed by atoms with E-state index in [1.54, 1.807) is 6.08 Å². The third-order valence-corrected chi connectivity index (χ3v) is 3.67. The molecule has 122 valence electrons. The first-order valence-electron chi connectivity index (χ1n) is 7.43. The monoisotopic (exact) mass is 333 g/mol. The van der Waals surface area contributed by atoms with Crippen molar-refractivity contribution in [3.8, 4) is 0 Å². The van der Waals surface area contributed by atoms with Gasteiger partial charge in [-0.25, -0.2) is 4.68 Å². The Morgan fingerprint density at radius 2 is 2.09 bits per heavy atom. The second-order valence-electron chi connectivity index (χ2n) is 5.10. The third kappa shape index (κ3) is 4.43. The van der Waals surface area contributed by atoms with Crippen LogP contribution < -0.4 is 10.5 Å². The molecule has 1 aromatic heterocycles. The molecule has 0 fully saturated rings. The highest BCUT2D eigenvalue weighted by molar-refractivity contribution is 6.33. The summed E-state index contributed by atoms with van der Waals surface area (Å²) in [5.74, 6) is 0. The summed E-state index contributed by atoms with van der Waals surface area (Å²) in [5.41, 5.74) is 1.21. The van der Waals surface area contributed by atoms with Crippen molar-refractivity contribution in [2.75, 3.05) is 18.1 Å². The second-order valence-corrected chi connectivity index (χ2v) is 5.51. The number of anilines is 1. The minimum Gasteiger partial charge on any atom is -0.396 e. The number of aromatic nitrogens is 2. The van der Waals surface area contributed by atoms with Crippen molar-refractivity contribution in [2.45, 2.75) is 19.5 Å². The van der Waals surface area contributed by atoms with Crippen LogP contribution in [0.5, 0.6) is 0 Å². The molecule has 1 heterocycles. The Bertz CT molecular complexity index is 701. The van der Waals surface area contributed by atoms with Crippen LogP contribution in [-0.2, 0) is 13.1 Å². The van der Waals surface area contributed by atoms with E-state index in [0.717, 1.165) is 5.56 Å². The highest BCUT2D eigenvalue weighted by atomic mass is 35.5. The number of nitrogens with zero attached hydrogens (tertiary/aromatic N) is 3. The van der Waals surface area contributed by atoms with Gasteiger partial charge in [0.25, 0.3) is 5.56 Å². The summed E-state index contributed by atoms with van der Waals surface area (Å²) in [5, 5.41) is 13.5. The SMILES string of the molecule is C=CCn1ncc(Cl)c(N(CCCO)Cc2ccccc2)c1=O. The first-order chi connectivity index (χ1) is 11.2. The number of hydrogen-bond donors (Lipinski definition) is 1. The van der Waals surface area contributed by atoms with Gasteiger partial charge < -0.3 is 10.0 Å². The molecule has 1 N–H and O–H groups in total. The first-order valence-corrected chi connectivity index (χ1v) is 7.81. The quantitative estimate of drug-likeness (QED) is 0.754. The predicted octanol–water partition coefficient (Wildman–Crippen LogP) is 2.47. The number of rotatable bonds is 8. The van der Waals surface area contributed by atoms with E-state index < -0.39 is 0 Å². The van der Waals surface area contributed by atoms with Crippen molar-refractivity contribution in [1.29, 1.82) is 0 Å². The van der Waals surface area contributed by atoms with E-state index >= 15 is 0 Å². The minimum absolute atomic E-state index is 0.0504. The van der Waals surface area contributed by atoms with E-state index in [1.807, 2.05) is 35.2 Å². The summed E-state index contributed by atoms with van der Waals surface area (Å²) in [6, 6.07) is 9.82. The Labute approximate surface area is 140 Å². The van der Waals surface area contributed by atoms with Crippen LogP contribution in [0, 0.1) is 0 Å². The summed E-state index contributed by atoms with van der Waals surface area (Å²) < 4.78 is 1.32. The van der Waals surface area contributed by atoms with E-state index in [0.29, 0.717) is 36.8 Å². The maximum Gasteiger partial charge on any atom is 0.292 e. The Balaban J connectivity index is 2.40. The Morgan fingerprint density at radius 3 is 2.74 bits per heavy atom. The molecule has 0 aliphatic rings.